The van der Waals surface area contributed by atoms with Crippen LogP contribution in [0.1, 0.15) is 51.5 Å². The summed E-state index contributed by atoms with van der Waals surface area (Å²) >= 11 is 7.90. The molecule has 368 valence electrons. The Labute approximate surface area is 403 Å². The number of nitrogens with one attached hydrogen (secondary N) is 4. The number of imide groups is 1. The molecule has 2 fully saturated rings. The van der Waals surface area contributed by atoms with E-state index in [1.54, 1.807) is 36.5 Å². The van der Waals surface area contributed by atoms with Crippen LogP contribution < -0.4 is 43.2 Å². The van der Waals surface area contributed by atoms with Gasteiger partial charge in [0.2, 0.25) is 17.7 Å². The number of aromatic nitrogens is 4. The molecule has 2 saturated heterocycles. The van der Waals surface area contributed by atoms with Gasteiger partial charge in [0.15, 0.2) is 5.82 Å². The number of carbonyl (C=O) groups excluding carboxylic acids is 4. The van der Waals surface area contributed by atoms with E-state index in [1.807, 2.05) is 6.07 Å². The van der Waals surface area contributed by atoms with Crippen molar-refractivity contribution in [3.8, 4) is 0 Å². The van der Waals surface area contributed by atoms with E-state index in [1.165, 1.54) is 18.0 Å². The minimum atomic E-state index is -0.844. The quantitative estimate of drug-likeness (QED) is 0.0370. The second kappa shape index (κ2) is 26.3. The molecular formula is C45H60ClN11O10S. The van der Waals surface area contributed by atoms with Gasteiger partial charge in [0.05, 0.1) is 94.6 Å². The van der Waals surface area contributed by atoms with Gasteiger partial charge in [0.1, 0.15) is 16.9 Å². The molecule has 4 amide bonds. The predicted octanol–water partition coefficient (Wildman–Crippen LogP) is 2.90. The Balaban J connectivity index is 0.727. The average molecular weight is 983 g/mol. The number of carbonyl (C=O) groups is 4. The van der Waals surface area contributed by atoms with Crippen LogP contribution in [-0.4, -0.2) is 141 Å². The van der Waals surface area contributed by atoms with Crippen LogP contribution in [-0.2, 0) is 42.9 Å². The molecule has 2 aliphatic heterocycles. The topological polar surface area (TPSA) is 278 Å². The summed E-state index contributed by atoms with van der Waals surface area (Å²) in [6.45, 7) is 8.01. The highest BCUT2D eigenvalue weighted by atomic mass is 35.5. The molecule has 2 aromatic heterocycles. The molecule has 23 heteroatoms. The van der Waals surface area contributed by atoms with Gasteiger partial charge in [-0.2, -0.15) is 5.10 Å². The smallest absolute Gasteiger partial charge is 0.277 e. The molecule has 0 spiro atoms. The van der Waals surface area contributed by atoms with Crippen molar-refractivity contribution in [3.63, 3.8) is 0 Å². The fourth-order valence-corrected chi connectivity index (χ4v) is 8.27. The van der Waals surface area contributed by atoms with E-state index in [9.17, 15) is 24.0 Å². The van der Waals surface area contributed by atoms with Crippen LogP contribution >= 0.6 is 23.4 Å². The molecule has 6 rings (SSSR count). The number of fused-ring (bicyclic) bond motifs is 1. The molecule has 4 aromatic rings. The Bertz CT molecular complexity index is 2400. The van der Waals surface area contributed by atoms with Crippen molar-refractivity contribution in [2.24, 2.45) is 5.73 Å². The molecule has 8 N–H and O–H groups in total. The zero-order chi connectivity index (χ0) is 48.3. The molecule has 68 heavy (non-hydrogen) atoms. The summed E-state index contributed by atoms with van der Waals surface area (Å²) in [6, 6.07) is 9.76. The number of piperidine rings is 2. The van der Waals surface area contributed by atoms with Crippen molar-refractivity contribution in [1.29, 1.82) is 0 Å². The summed E-state index contributed by atoms with van der Waals surface area (Å²) in [4.78, 5) is 74.1. The van der Waals surface area contributed by atoms with Crippen molar-refractivity contribution in [2.45, 2.75) is 67.0 Å². The number of halogens is 1. The van der Waals surface area contributed by atoms with Crippen LogP contribution in [0.5, 0.6) is 0 Å². The number of benzene rings is 2. The fourth-order valence-electron chi connectivity index (χ4n) is 7.17. The molecular weight excluding hydrogens is 922 g/mol. The van der Waals surface area contributed by atoms with Gasteiger partial charge in [-0.3, -0.25) is 29.3 Å². The molecule has 0 radical (unpaired) electrons. The van der Waals surface area contributed by atoms with Gasteiger partial charge in [-0.25, -0.2) is 14.6 Å². The number of hydrogen-bond acceptors (Lipinski definition) is 18. The molecule has 2 aliphatic rings. The summed E-state index contributed by atoms with van der Waals surface area (Å²) in [5.41, 5.74) is 12.9. The monoisotopic (exact) mass is 981 g/mol. The molecule has 21 nitrogen and oxygen atoms in total. The lowest BCUT2D eigenvalue weighted by atomic mass is 9.91. The summed E-state index contributed by atoms with van der Waals surface area (Å²) in [5.74, 6) is -0.557. The minimum Gasteiger partial charge on any atom is -0.382 e. The Morgan fingerprint density at radius 2 is 1.47 bits per heavy atom. The van der Waals surface area contributed by atoms with Crippen LogP contribution in [0.4, 0.5) is 23.0 Å². The first-order valence-electron chi connectivity index (χ1n) is 22.5. The van der Waals surface area contributed by atoms with Gasteiger partial charge in [-0.05, 0) is 44.4 Å². The lowest BCUT2D eigenvalue weighted by molar-refractivity contribution is -0.136. The van der Waals surface area contributed by atoms with E-state index in [4.69, 9.17) is 46.8 Å². The Kier molecular flexibility index (Phi) is 20.1. The summed E-state index contributed by atoms with van der Waals surface area (Å²) in [7, 11) is 0. The lowest BCUT2D eigenvalue weighted by Gasteiger charge is -2.37. The zero-order valence-corrected chi connectivity index (χ0v) is 39.7. The molecule has 1 unspecified atom stereocenters. The molecule has 0 bridgehead atoms. The molecule has 1 atom stereocenters. The number of amides is 4. The summed E-state index contributed by atoms with van der Waals surface area (Å²) in [6.07, 6.45) is 5.24. The van der Waals surface area contributed by atoms with E-state index in [0.717, 1.165) is 30.6 Å². The Hall–Kier alpha value is -5.46. The third kappa shape index (κ3) is 15.8. The highest BCUT2D eigenvalue weighted by Crippen LogP contribution is 2.39. The van der Waals surface area contributed by atoms with Crippen LogP contribution in [0.15, 0.2) is 63.5 Å². The van der Waals surface area contributed by atoms with Crippen molar-refractivity contribution in [1.82, 2.24) is 30.4 Å². The van der Waals surface area contributed by atoms with Gasteiger partial charge >= 0.3 is 0 Å². The first-order valence-corrected chi connectivity index (χ1v) is 23.7. The van der Waals surface area contributed by atoms with E-state index in [-0.39, 0.29) is 67.9 Å². The third-order valence-corrected chi connectivity index (χ3v) is 12.6. The van der Waals surface area contributed by atoms with Crippen molar-refractivity contribution >= 4 is 80.8 Å². The number of anilines is 4. The van der Waals surface area contributed by atoms with Gasteiger partial charge < -0.3 is 56.0 Å². The summed E-state index contributed by atoms with van der Waals surface area (Å²) in [5, 5.41) is 17.1. The Morgan fingerprint density at radius 1 is 0.853 bits per heavy atom. The number of nitrogen functional groups attached to an aromatic ring is 1. The average Bonchev–Trinajstić information content (AvgIpc) is 3.31. The first kappa shape index (κ1) is 51.9. The van der Waals surface area contributed by atoms with E-state index >= 15 is 0 Å². The van der Waals surface area contributed by atoms with Crippen LogP contribution in [0.25, 0.3) is 10.8 Å². The van der Waals surface area contributed by atoms with E-state index in [0.29, 0.717) is 109 Å². The maximum Gasteiger partial charge on any atom is 0.277 e. The number of nitrogens with zero attached hydrogens (tertiary/aromatic N) is 5. The second-order valence-corrected chi connectivity index (χ2v) is 17.7. The minimum absolute atomic E-state index is 0.00571. The predicted molar refractivity (Wildman–Crippen MR) is 257 cm³/mol. The van der Waals surface area contributed by atoms with Crippen molar-refractivity contribution < 1.29 is 42.9 Å². The molecule has 4 heterocycles. The van der Waals surface area contributed by atoms with Crippen LogP contribution in [0, 0.1) is 0 Å². The highest BCUT2D eigenvalue weighted by Gasteiger charge is 2.30. The van der Waals surface area contributed by atoms with Gasteiger partial charge in [0, 0.05) is 66.9 Å². The third-order valence-electron chi connectivity index (χ3n) is 11.0. The van der Waals surface area contributed by atoms with Gasteiger partial charge in [-0.1, -0.05) is 41.6 Å². The second-order valence-electron chi connectivity index (χ2n) is 16.3. The zero-order valence-electron chi connectivity index (χ0n) is 38.1. The Morgan fingerprint density at radius 3 is 2.13 bits per heavy atom. The van der Waals surface area contributed by atoms with Gasteiger partial charge in [-0.15, -0.1) is 0 Å². The summed E-state index contributed by atoms with van der Waals surface area (Å²) < 4.78 is 28.9. The lowest BCUT2D eigenvalue weighted by Crippen LogP contribution is -2.48. The van der Waals surface area contributed by atoms with Gasteiger partial charge in [0.25, 0.3) is 11.5 Å². The fraction of sp³-hybridized carbons (Fsp3) is 0.511. The maximum atomic E-state index is 13.3. The molecule has 0 saturated carbocycles. The van der Waals surface area contributed by atoms with E-state index < -0.39 is 17.5 Å². The molecule has 0 aliphatic carbocycles. The highest BCUT2D eigenvalue weighted by molar-refractivity contribution is 7.99. The SMILES string of the molecule is CC1(N)CCN(c2cnc(Sc3cccc(NC(=O)CCC(=O)NCCOCCOCCOCCOCCOCCNc4cccc5cnn(C6CCC(=O)NC6=O)c(=O)c45)c3Cl)c(N)n2)CC1. The number of hydrogen-bond donors (Lipinski definition) is 6. The van der Waals surface area contributed by atoms with Crippen molar-refractivity contribution in [2.75, 3.05) is 114 Å². The largest absolute Gasteiger partial charge is 0.382 e. The maximum absolute atomic E-state index is 13.3. The van der Waals surface area contributed by atoms with E-state index in [2.05, 4.69) is 48.2 Å². The van der Waals surface area contributed by atoms with Crippen LogP contribution in [0.3, 0.4) is 0 Å². The number of ether oxygens (including phenoxy) is 5. The number of nitrogens with two attached hydrogens (primary N) is 2. The normalized spacial score (nSPS) is 15.9. The molecule has 2 aromatic carbocycles. The van der Waals surface area contributed by atoms with Crippen LogP contribution in [0.2, 0.25) is 5.02 Å². The number of rotatable bonds is 27. The van der Waals surface area contributed by atoms with Crippen molar-refractivity contribution in [3.05, 3.63) is 64.2 Å². The first-order chi connectivity index (χ1) is 32.9. The standard InChI is InChI=1S/C45H60ClN11O10S/c1-45(48)12-16-56(17-13-45)35-29-51-43(41(47)54-35)68-34-7-3-6-32(40(34)46)53-37(59)11-10-36(58)50-15-19-64-21-23-66-25-27-67-26-24-65-22-20-63-18-14-49-31-5-2-4-30-28-52-57(44(62)39(30)31)33-8-9-38(60)55-42(33)61/h2-7,28-29,33,49H,8-27,48H2,1H3,(H2,47,54)(H,50,58)(H,53,59)(H,55,60,61).